The van der Waals surface area contributed by atoms with Crippen molar-refractivity contribution in [2.24, 2.45) is 11.7 Å². The van der Waals surface area contributed by atoms with Gasteiger partial charge in [-0.05, 0) is 30.9 Å². The van der Waals surface area contributed by atoms with Gasteiger partial charge in [0.1, 0.15) is 16.6 Å². The van der Waals surface area contributed by atoms with E-state index >= 15 is 0 Å². The summed E-state index contributed by atoms with van der Waals surface area (Å²) in [6.45, 7) is 2.15. The van der Waals surface area contributed by atoms with E-state index in [1.165, 1.54) is 17.8 Å². The van der Waals surface area contributed by atoms with Gasteiger partial charge in [0.05, 0.1) is 0 Å². The molecule has 1 fully saturated rings. The lowest BCUT2D eigenvalue weighted by molar-refractivity contribution is -0.141. The number of hydrogen-bond acceptors (Lipinski definition) is 3. The minimum absolute atomic E-state index is 0.219. The zero-order valence-electron chi connectivity index (χ0n) is 11.7. The molecule has 2 unspecified atom stereocenters. The van der Waals surface area contributed by atoms with Crippen molar-refractivity contribution in [2.75, 3.05) is 0 Å². The van der Waals surface area contributed by atoms with Crippen LogP contribution in [0.2, 0.25) is 0 Å². The molecule has 1 aromatic rings. The monoisotopic (exact) mass is 317 g/mol. The summed E-state index contributed by atoms with van der Waals surface area (Å²) in [6.07, 6.45) is -0.325. The molecular formula is C14H18F3N3S. The quantitative estimate of drug-likeness (QED) is 0.653. The number of aromatic nitrogens is 1. The fourth-order valence-electron chi connectivity index (χ4n) is 2.54. The van der Waals surface area contributed by atoms with Gasteiger partial charge in [-0.1, -0.05) is 19.8 Å². The molecule has 1 saturated carbocycles. The van der Waals surface area contributed by atoms with Gasteiger partial charge in [0.2, 0.25) is 0 Å². The molecule has 0 bridgehead atoms. The Kier molecular flexibility index (Phi) is 4.81. The summed E-state index contributed by atoms with van der Waals surface area (Å²) in [6, 6.07) is 2.12. The summed E-state index contributed by atoms with van der Waals surface area (Å²) in [5.74, 6) is 0.324. The molecule has 3 nitrogen and oxygen atoms in total. The fraction of sp³-hybridized carbons (Fsp3) is 0.571. The first-order valence-electron chi connectivity index (χ1n) is 6.86. The van der Waals surface area contributed by atoms with Crippen molar-refractivity contribution < 1.29 is 13.2 Å². The van der Waals surface area contributed by atoms with Gasteiger partial charge >= 0.3 is 6.18 Å². The molecule has 1 aromatic heterocycles. The molecule has 0 aromatic carbocycles. The molecule has 1 aliphatic rings. The molecule has 1 aliphatic carbocycles. The van der Waals surface area contributed by atoms with Crippen LogP contribution >= 0.6 is 11.8 Å². The van der Waals surface area contributed by atoms with Gasteiger partial charge in [0, 0.05) is 10.8 Å². The van der Waals surface area contributed by atoms with Gasteiger partial charge < -0.3 is 5.73 Å². The van der Waals surface area contributed by atoms with E-state index in [9.17, 15) is 13.2 Å². The number of halogens is 3. The van der Waals surface area contributed by atoms with Crippen LogP contribution in [-0.4, -0.2) is 16.1 Å². The number of hydrogen-bond donors (Lipinski definition) is 2. The van der Waals surface area contributed by atoms with Crippen LogP contribution in [0, 0.1) is 11.3 Å². The average Bonchev–Trinajstić information content (AvgIpc) is 2.37. The van der Waals surface area contributed by atoms with Crippen LogP contribution in [0.25, 0.3) is 0 Å². The van der Waals surface area contributed by atoms with Gasteiger partial charge in [-0.15, -0.1) is 11.8 Å². The third-order valence-corrected chi connectivity index (χ3v) is 4.90. The van der Waals surface area contributed by atoms with E-state index < -0.39 is 11.9 Å². The SMILES string of the molecule is CC1CCCC(Sc2nc(C(F)(F)F)ccc2C(=N)N)C1. The van der Waals surface area contributed by atoms with E-state index in [1.54, 1.807) is 0 Å². The normalized spacial score (nSPS) is 23.0. The van der Waals surface area contributed by atoms with Crippen molar-refractivity contribution in [3.05, 3.63) is 23.4 Å². The smallest absolute Gasteiger partial charge is 0.384 e. The van der Waals surface area contributed by atoms with E-state index in [2.05, 4.69) is 11.9 Å². The van der Waals surface area contributed by atoms with Gasteiger partial charge in [-0.2, -0.15) is 13.2 Å². The van der Waals surface area contributed by atoms with Crippen molar-refractivity contribution in [3.63, 3.8) is 0 Å². The van der Waals surface area contributed by atoms with Crippen molar-refractivity contribution in [3.8, 4) is 0 Å². The molecule has 0 aliphatic heterocycles. The van der Waals surface area contributed by atoms with Crippen LogP contribution in [0.4, 0.5) is 13.2 Å². The summed E-state index contributed by atoms with van der Waals surface area (Å²) in [5, 5.41) is 7.96. The van der Waals surface area contributed by atoms with E-state index in [1.807, 2.05) is 0 Å². The van der Waals surface area contributed by atoms with Gasteiger partial charge in [0.15, 0.2) is 0 Å². The second kappa shape index (κ2) is 6.25. The minimum atomic E-state index is -4.48. The summed E-state index contributed by atoms with van der Waals surface area (Å²) < 4.78 is 38.4. The molecule has 7 heteroatoms. The number of pyridine rings is 1. The first-order chi connectivity index (χ1) is 9.77. The fourth-order valence-corrected chi connectivity index (χ4v) is 4.02. The molecule has 1 heterocycles. The Morgan fingerprint density at radius 3 is 2.67 bits per heavy atom. The highest BCUT2D eigenvalue weighted by Crippen LogP contribution is 2.38. The van der Waals surface area contributed by atoms with Crippen LogP contribution in [0.15, 0.2) is 17.2 Å². The molecule has 0 saturated heterocycles. The zero-order valence-corrected chi connectivity index (χ0v) is 12.5. The molecule has 3 N–H and O–H groups in total. The lowest BCUT2D eigenvalue weighted by atomic mass is 9.91. The number of nitrogens with one attached hydrogen (secondary N) is 1. The minimum Gasteiger partial charge on any atom is -0.384 e. The van der Waals surface area contributed by atoms with Gasteiger partial charge in [0.25, 0.3) is 0 Å². The Morgan fingerprint density at radius 1 is 1.38 bits per heavy atom. The van der Waals surface area contributed by atoms with Crippen molar-refractivity contribution in [1.82, 2.24) is 4.98 Å². The summed E-state index contributed by atoms with van der Waals surface area (Å²) in [5.41, 5.74) is 4.81. The van der Waals surface area contributed by atoms with Crippen molar-refractivity contribution in [2.45, 2.75) is 49.1 Å². The van der Waals surface area contributed by atoms with Crippen LogP contribution in [0.3, 0.4) is 0 Å². The van der Waals surface area contributed by atoms with Gasteiger partial charge in [-0.3, -0.25) is 5.41 Å². The maximum absolute atomic E-state index is 12.8. The third-order valence-electron chi connectivity index (χ3n) is 3.61. The third kappa shape index (κ3) is 4.12. The Morgan fingerprint density at radius 2 is 2.10 bits per heavy atom. The van der Waals surface area contributed by atoms with E-state index in [0.717, 1.165) is 31.7 Å². The number of amidine groups is 1. The second-order valence-corrected chi connectivity index (χ2v) is 6.76. The predicted octanol–water partition coefficient (Wildman–Crippen LogP) is 4.06. The highest BCUT2D eigenvalue weighted by atomic mass is 32.2. The number of nitrogens with zero attached hydrogens (tertiary/aromatic N) is 1. The Bertz CT molecular complexity index is 531. The largest absolute Gasteiger partial charge is 0.433 e. The van der Waals surface area contributed by atoms with Crippen molar-refractivity contribution >= 4 is 17.6 Å². The predicted molar refractivity (Wildman–Crippen MR) is 77.5 cm³/mol. The first-order valence-corrected chi connectivity index (χ1v) is 7.74. The Balaban J connectivity index is 2.28. The van der Waals surface area contributed by atoms with Crippen LogP contribution in [-0.2, 0) is 6.18 Å². The summed E-state index contributed by atoms with van der Waals surface area (Å²) in [4.78, 5) is 3.70. The number of rotatable bonds is 3. The maximum atomic E-state index is 12.8. The summed E-state index contributed by atoms with van der Waals surface area (Å²) in [7, 11) is 0. The van der Waals surface area contributed by atoms with E-state index in [4.69, 9.17) is 11.1 Å². The molecule has 0 radical (unpaired) electrons. The number of nitrogens with two attached hydrogens (primary N) is 1. The molecular weight excluding hydrogens is 299 g/mol. The highest BCUT2D eigenvalue weighted by molar-refractivity contribution is 7.99. The summed E-state index contributed by atoms with van der Waals surface area (Å²) >= 11 is 1.32. The molecule has 2 atom stereocenters. The second-order valence-electron chi connectivity index (χ2n) is 5.47. The van der Waals surface area contributed by atoms with Crippen LogP contribution in [0.1, 0.15) is 43.9 Å². The maximum Gasteiger partial charge on any atom is 0.433 e. The van der Waals surface area contributed by atoms with Crippen LogP contribution < -0.4 is 5.73 Å². The number of thioether (sulfide) groups is 1. The molecule has 116 valence electrons. The number of nitrogen functional groups attached to an aromatic ring is 1. The Labute approximate surface area is 126 Å². The molecule has 0 amide bonds. The lowest BCUT2D eigenvalue weighted by Gasteiger charge is -2.26. The average molecular weight is 317 g/mol. The highest BCUT2D eigenvalue weighted by Gasteiger charge is 2.33. The van der Waals surface area contributed by atoms with Crippen LogP contribution in [0.5, 0.6) is 0 Å². The van der Waals surface area contributed by atoms with Crippen molar-refractivity contribution in [1.29, 1.82) is 5.41 Å². The molecule has 2 rings (SSSR count). The number of alkyl halides is 3. The lowest BCUT2D eigenvalue weighted by Crippen LogP contribution is -2.19. The standard InChI is InChI=1S/C14H18F3N3S/c1-8-3-2-4-9(7-8)21-13-10(12(18)19)5-6-11(20-13)14(15,16)17/h5-6,8-9H,2-4,7H2,1H3,(H3,18,19). The van der Waals surface area contributed by atoms with Gasteiger partial charge in [-0.25, -0.2) is 4.98 Å². The van der Waals surface area contributed by atoms with E-state index in [-0.39, 0.29) is 21.7 Å². The molecule has 21 heavy (non-hydrogen) atoms. The van der Waals surface area contributed by atoms with E-state index in [0.29, 0.717) is 5.92 Å². The zero-order chi connectivity index (χ0) is 15.6. The molecule has 0 spiro atoms. The topological polar surface area (TPSA) is 62.8 Å². The Hall–Kier alpha value is -1.24. The first kappa shape index (κ1) is 16.1.